The Morgan fingerprint density at radius 3 is 1.12 bits per heavy atom. The third-order valence-corrected chi connectivity index (χ3v) is 6.06. The maximum atomic E-state index is 12.5. The summed E-state index contributed by atoms with van der Waals surface area (Å²) in [6.45, 7) is 6.81. The summed E-state index contributed by atoms with van der Waals surface area (Å²) in [6.07, 6.45) is 2.35. The monoisotopic (exact) mass is 572 g/mol. The molecule has 2 amide bonds. The van der Waals surface area contributed by atoms with Crippen molar-refractivity contribution in [2.75, 3.05) is 10.6 Å². The molecule has 0 saturated carbocycles. The highest BCUT2D eigenvalue weighted by Gasteiger charge is 2.25. The number of amides is 2. The number of ether oxygens (including phenoxy) is 2. The van der Waals surface area contributed by atoms with Gasteiger partial charge in [0, 0.05) is 11.4 Å². The molecule has 0 spiro atoms. The summed E-state index contributed by atoms with van der Waals surface area (Å²) in [5, 5.41) is 5.28. The van der Waals surface area contributed by atoms with Gasteiger partial charge in [-0.1, -0.05) is 13.2 Å². The molecular formula is C30H25N2O8P. The van der Waals surface area contributed by atoms with Gasteiger partial charge in [0.15, 0.2) is 0 Å². The lowest BCUT2D eigenvalue weighted by molar-refractivity contribution is -0.112. The fraction of sp³-hybridized carbons (Fsp3) is 0. The minimum Gasteiger partial charge on any atom is -0.457 e. The number of phosphoric ester groups is 1. The Kier molecular flexibility index (Phi) is 9.21. The third kappa shape index (κ3) is 8.86. The van der Waals surface area contributed by atoms with Crippen molar-refractivity contribution in [3.8, 4) is 34.5 Å². The molecule has 0 aliphatic rings. The molecule has 3 N–H and O–H groups in total. The normalized spacial score (nSPS) is 10.6. The summed E-state index contributed by atoms with van der Waals surface area (Å²) >= 11 is 0. The summed E-state index contributed by atoms with van der Waals surface area (Å²) < 4.78 is 34.4. The van der Waals surface area contributed by atoms with Gasteiger partial charge in [0.25, 0.3) is 0 Å². The van der Waals surface area contributed by atoms with Crippen molar-refractivity contribution >= 4 is 31.0 Å². The van der Waals surface area contributed by atoms with E-state index in [9.17, 15) is 19.0 Å². The second-order valence-electron chi connectivity index (χ2n) is 8.23. The largest absolute Gasteiger partial charge is 0.584 e. The molecule has 0 bridgehead atoms. The SMILES string of the molecule is C=CC(=O)Nc1ccc(Oc2ccc(OP(=O)(O)Oc3ccc(Oc4ccc(NC(=O)C=C)cc4)cc3)cc2)cc1. The van der Waals surface area contributed by atoms with E-state index < -0.39 is 7.82 Å². The van der Waals surface area contributed by atoms with Gasteiger partial charge < -0.3 is 29.2 Å². The number of carbonyl (C=O) groups excluding carboxylic acids is 2. The van der Waals surface area contributed by atoms with Crippen LogP contribution in [-0.4, -0.2) is 16.7 Å². The van der Waals surface area contributed by atoms with Crippen LogP contribution >= 0.6 is 7.82 Å². The zero-order chi connectivity index (χ0) is 29.2. The maximum absolute atomic E-state index is 12.5. The van der Waals surface area contributed by atoms with Gasteiger partial charge in [-0.2, -0.15) is 0 Å². The second-order valence-corrected chi connectivity index (χ2v) is 9.54. The number of benzene rings is 4. The molecule has 0 atom stereocenters. The molecule has 10 nitrogen and oxygen atoms in total. The van der Waals surface area contributed by atoms with Crippen molar-refractivity contribution in [2.24, 2.45) is 0 Å². The fourth-order valence-electron chi connectivity index (χ4n) is 3.29. The number of anilines is 2. The van der Waals surface area contributed by atoms with Gasteiger partial charge in [-0.3, -0.25) is 14.5 Å². The van der Waals surface area contributed by atoms with Gasteiger partial charge in [-0.25, -0.2) is 4.57 Å². The summed E-state index contributed by atoms with van der Waals surface area (Å²) in [5.74, 6) is 1.52. The first-order valence-electron chi connectivity index (χ1n) is 12.1. The van der Waals surface area contributed by atoms with Crippen LogP contribution in [0.5, 0.6) is 34.5 Å². The Balaban J connectivity index is 1.29. The van der Waals surface area contributed by atoms with E-state index in [4.69, 9.17) is 18.5 Å². The predicted molar refractivity (Wildman–Crippen MR) is 155 cm³/mol. The van der Waals surface area contributed by atoms with Crippen LogP contribution in [0.15, 0.2) is 122 Å². The molecule has 0 aliphatic carbocycles. The number of nitrogens with one attached hydrogen (secondary N) is 2. The van der Waals surface area contributed by atoms with Gasteiger partial charge in [-0.05, 0) is 109 Å². The number of hydrogen-bond donors (Lipinski definition) is 3. The molecule has 0 fully saturated rings. The van der Waals surface area contributed by atoms with Crippen molar-refractivity contribution in [1.29, 1.82) is 0 Å². The van der Waals surface area contributed by atoms with E-state index >= 15 is 0 Å². The average Bonchev–Trinajstić information content (AvgIpc) is 2.96. The molecular weight excluding hydrogens is 547 g/mol. The van der Waals surface area contributed by atoms with E-state index in [1.807, 2.05) is 0 Å². The van der Waals surface area contributed by atoms with E-state index in [0.29, 0.717) is 34.4 Å². The molecule has 0 heterocycles. The van der Waals surface area contributed by atoms with Crippen molar-refractivity contribution < 1.29 is 37.6 Å². The lowest BCUT2D eigenvalue weighted by Gasteiger charge is -2.14. The van der Waals surface area contributed by atoms with Crippen LogP contribution in [0.1, 0.15) is 0 Å². The lowest BCUT2D eigenvalue weighted by Crippen LogP contribution is -2.06. The molecule has 0 aromatic heterocycles. The molecule has 4 rings (SSSR count). The van der Waals surface area contributed by atoms with Crippen LogP contribution in [0.4, 0.5) is 11.4 Å². The van der Waals surface area contributed by atoms with E-state index in [1.54, 1.807) is 72.8 Å². The van der Waals surface area contributed by atoms with Crippen molar-refractivity contribution in [3.63, 3.8) is 0 Å². The van der Waals surface area contributed by atoms with Gasteiger partial charge in [-0.15, -0.1) is 0 Å². The molecule has 11 heteroatoms. The van der Waals surface area contributed by atoms with Crippen LogP contribution in [0.25, 0.3) is 0 Å². The van der Waals surface area contributed by atoms with Crippen LogP contribution in [0.3, 0.4) is 0 Å². The van der Waals surface area contributed by atoms with Gasteiger partial charge >= 0.3 is 7.82 Å². The molecule has 208 valence electrons. The molecule has 0 radical (unpaired) electrons. The zero-order valence-corrected chi connectivity index (χ0v) is 22.5. The standard InChI is InChI=1S/C30H25N2O8P/c1-3-29(33)31-21-5-9-23(10-6-21)37-25-13-17-27(18-14-25)39-41(35,36)40-28-19-15-26(16-20-28)38-24-11-7-22(8-12-24)32-30(34)4-2/h3-20H,1-2H2,(H,31,33)(H,32,34)(H,35,36). The Morgan fingerprint density at radius 2 is 0.829 bits per heavy atom. The number of hydrogen-bond acceptors (Lipinski definition) is 7. The minimum atomic E-state index is -4.50. The van der Waals surface area contributed by atoms with Gasteiger partial charge in [0.05, 0.1) is 0 Å². The highest BCUT2D eigenvalue weighted by atomic mass is 31.2. The Morgan fingerprint density at radius 1 is 0.561 bits per heavy atom. The Hall–Kier alpha value is -5.31. The predicted octanol–water partition coefficient (Wildman–Crippen LogP) is 7.08. The first kappa shape index (κ1) is 28.7. The molecule has 0 aliphatic heterocycles. The highest BCUT2D eigenvalue weighted by molar-refractivity contribution is 7.48. The van der Waals surface area contributed by atoms with E-state index in [2.05, 4.69) is 23.8 Å². The Bertz CT molecular complexity index is 1450. The molecule has 4 aromatic carbocycles. The van der Waals surface area contributed by atoms with E-state index in [0.717, 1.165) is 0 Å². The average molecular weight is 573 g/mol. The van der Waals surface area contributed by atoms with Crippen molar-refractivity contribution in [3.05, 3.63) is 122 Å². The smallest absolute Gasteiger partial charge is 0.457 e. The number of phosphoric acid groups is 1. The number of rotatable bonds is 12. The highest BCUT2D eigenvalue weighted by Crippen LogP contribution is 2.45. The zero-order valence-electron chi connectivity index (χ0n) is 21.6. The van der Waals surface area contributed by atoms with Crippen molar-refractivity contribution in [2.45, 2.75) is 0 Å². The minimum absolute atomic E-state index is 0.0957. The van der Waals surface area contributed by atoms with Crippen molar-refractivity contribution in [1.82, 2.24) is 0 Å². The summed E-state index contributed by atoms with van der Waals surface area (Å²) in [5.41, 5.74) is 1.18. The Labute approximate surface area is 236 Å². The van der Waals surface area contributed by atoms with Gasteiger partial charge in [0.2, 0.25) is 11.8 Å². The summed E-state index contributed by atoms with van der Waals surface area (Å²) in [7, 11) is -4.50. The quantitative estimate of drug-likeness (QED) is 0.121. The molecule has 41 heavy (non-hydrogen) atoms. The maximum Gasteiger partial charge on any atom is 0.584 e. The van der Waals surface area contributed by atoms with Crippen LogP contribution < -0.4 is 29.2 Å². The van der Waals surface area contributed by atoms with Crippen LogP contribution in [0, 0.1) is 0 Å². The first-order valence-corrected chi connectivity index (χ1v) is 13.6. The molecule has 4 aromatic rings. The first-order chi connectivity index (χ1) is 19.7. The summed E-state index contributed by atoms with van der Waals surface area (Å²) in [6, 6.07) is 25.5. The summed E-state index contributed by atoms with van der Waals surface area (Å²) in [4.78, 5) is 33.0. The fourth-order valence-corrected chi connectivity index (χ4v) is 4.11. The van der Waals surface area contributed by atoms with Crippen LogP contribution in [0.2, 0.25) is 0 Å². The van der Waals surface area contributed by atoms with Gasteiger partial charge in [0.1, 0.15) is 34.5 Å². The third-order valence-electron chi connectivity index (χ3n) is 5.17. The molecule has 0 unspecified atom stereocenters. The molecule has 0 saturated heterocycles. The topological polar surface area (TPSA) is 132 Å². The second kappa shape index (κ2) is 13.2. The lowest BCUT2D eigenvalue weighted by atomic mass is 10.3. The van der Waals surface area contributed by atoms with Crippen LogP contribution in [-0.2, 0) is 14.2 Å². The number of carbonyl (C=O) groups is 2. The van der Waals surface area contributed by atoms with E-state index in [-0.39, 0.29) is 23.3 Å². The van der Waals surface area contributed by atoms with E-state index in [1.165, 1.54) is 36.4 Å².